The standard InChI is InChI=1S/C14H18N2O/c15-5-1-3-10-7-11-4-2-6-16-13(17)9-12(8-10)14(11)16/h7-8H,1-6,9,15H2. The number of nitrogens with two attached hydrogens (primary N) is 1. The van der Waals surface area contributed by atoms with Crippen molar-refractivity contribution in [1.29, 1.82) is 0 Å². The van der Waals surface area contributed by atoms with E-state index in [0.717, 1.165) is 38.8 Å². The Bertz CT molecular complexity index is 468. The molecule has 1 amide bonds. The van der Waals surface area contributed by atoms with Crippen LogP contribution in [0.25, 0.3) is 0 Å². The fourth-order valence-corrected chi connectivity index (χ4v) is 3.00. The molecule has 0 radical (unpaired) electrons. The first-order chi connectivity index (χ1) is 8.29. The van der Waals surface area contributed by atoms with Gasteiger partial charge in [0.15, 0.2) is 0 Å². The van der Waals surface area contributed by atoms with Gasteiger partial charge in [-0.2, -0.15) is 0 Å². The number of benzene rings is 1. The Morgan fingerprint density at radius 1 is 1.29 bits per heavy atom. The predicted molar refractivity (Wildman–Crippen MR) is 68.2 cm³/mol. The molecular formula is C14H18N2O. The van der Waals surface area contributed by atoms with E-state index in [1.165, 1.54) is 22.4 Å². The highest BCUT2D eigenvalue weighted by atomic mass is 16.2. The lowest BCUT2D eigenvalue weighted by Crippen LogP contribution is -2.31. The molecule has 3 rings (SSSR count). The highest BCUT2D eigenvalue weighted by Gasteiger charge is 2.32. The van der Waals surface area contributed by atoms with Crippen molar-refractivity contribution in [1.82, 2.24) is 0 Å². The highest BCUT2D eigenvalue weighted by Crippen LogP contribution is 2.37. The van der Waals surface area contributed by atoms with E-state index in [-0.39, 0.29) is 5.91 Å². The number of aryl methyl sites for hydroxylation is 2. The number of carbonyl (C=O) groups is 1. The van der Waals surface area contributed by atoms with Gasteiger partial charge in [-0.3, -0.25) is 4.79 Å². The normalized spacial score (nSPS) is 17.5. The van der Waals surface area contributed by atoms with E-state index in [2.05, 4.69) is 12.1 Å². The van der Waals surface area contributed by atoms with Gasteiger partial charge in [0.2, 0.25) is 5.91 Å². The van der Waals surface area contributed by atoms with Crippen molar-refractivity contribution in [2.24, 2.45) is 5.73 Å². The van der Waals surface area contributed by atoms with Crippen LogP contribution in [0.4, 0.5) is 5.69 Å². The van der Waals surface area contributed by atoms with Crippen molar-refractivity contribution in [3.8, 4) is 0 Å². The first kappa shape index (κ1) is 10.8. The van der Waals surface area contributed by atoms with Crippen LogP contribution >= 0.6 is 0 Å². The molecule has 2 aliphatic rings. The molecule has 0 spiro atoms. The summed E-state index contributed by atoms with van der Waals surface area (Å²) in [6.07, 6.45) is 4.86. The van der Waals surface area contributed by atoms with Gasteiger partial charge in [-0.15, -0.1) is 0 Å². The van der Waals surface area contributed by atoms with E-state index in [1.54, 1.807) is 0 Å². The number of nitrogens with zero attached hydrogens (tertiary/aromatic N) is 1. The van der Waals surface area contributed by atoms with Crippen molar-refractivity contribution in [2.75, 3.05) is 18.0 Å². The van der Waals surface area contributed by atoms with Crippen LogP contribution in [-0.4, -0.2) is 19.0 Å². The van der Waals surface area contributed by atoms with Crippen LogP contribution in [0.1, 0.15) is 29.5 Å². The molecule has 0 atom stereocenters. The molecule has 1 aromatic carbocycles. The summed E-state index contributed by atoms with van der Waals surface area (Å²) in [5.41, 5.74) is 10.7. The summed E-state index contributed by atoms with van der Waals surface area (Å²) >= 11 is 0. The Hall–Kier alpha value is -1.35. The molecule has 0 aliphatic carbocycles. The van der Waals surface area contributed by atoms with Crippen molar-refractivity contribution in [3.63, 3.8) is 0 Å². The molecule has 0 bridgehead atoms. The molecule has 0 unspecified atom stereocenters. The summed E-state index contributed by atoms with van der Waals surface area (Å²) < 4.78 is 0. The van der Waals surface area contributed by atoms with Crippen molar-refractivity contribution in [2.45, 2.75) is 32.1 Å². The second-order valence-corrected chi connectivity index (χ2v) is 4.98. The fraction of sp³-hybridized carbons (Fsp3) is 0.500. The third kappa shape index (κ3) is 1.75. The van der Waals surface area contributed by atoms with E-state index >= 15 is 0 Å². The minimum absolute atomic E-state index is 0.275. The topological polar surface area (TPSA) is 46.3 Å². The first-order valence-electron chi connectivity index (χ1n) is 6.44. The van der Waals surface area contributed by atoms with E-state index < -0.39 is 0 Å². The molecule has 3 nitrogen and oxygen atoms in total. The summed E-state index contributed by atoms with van der Waals surface area (Å²) in [6, 6.07) is 4.48. The van der Waals surface area contributed by atoms with Crippen molar-refractivity contribution < 1.29 is 4.79 Å². The largest absolute Gasteiger partial charge is 0.330 e. The van der Waals surface area contributed by atoms with E-state index in [1.807, 2.05) is 4.90 Å². The van der Waals surface area contributed by atoms with Gasteiger partial charge in [0.25, 0.3) is 0 Å². The van der Waals surface area contributed by atoms with Gasteiger partial charge in [-0.1, -0.05) is 12.1 Å². The van der Waals surface area contributed by atoms with Gasteiger partial charge < -0.3 is 10.6 Å². The molecule has 2 aliphatic heterocycles. The molecule has 17 heavy (non-hydrogen) atoms. The maximum Gasteiger partial charge on any atom is 0.231 e. The maximum absolute atomic E-state index is 11.9. The molecule has 0 saturated carbocycles. The monoisotopic (exact) mass is 230 g/mol. The van der Waals surface area contributed by atoms with Crippen LogP contribution in [0.15, 0.2) is 12.1 Å². The molecule has 3 heteroatoms. The molecule has 1 aromatic rings. The fourth-order valence-electron chi connectivity index (χ4n) is 3.00. The molecular weight excluding hydrogens is 212 g/mol. The van der Waals surface area contributed by atoms with E-state index in [4.69, 9.17) is 5.73 Å². The number of rotatable bonds is 3. The van der Waals surface area contributed by atoms with Crippen LogP contribution in [-0.2, 0) is 24.1 Å². The van der Waals surface area contributed by atoms with Gasteiger partial charge in [-0.05, 0) is 48.9 Å². The summed E-state index contributed by atoms with van der Waals surface area (Å²) in [5, 5.41) is 0. The maximum atomic E-state index is 11.9. The minimum atomic E-state index is 0.275. The molecule has 0 aromatic heterocycles. The Morgan fingerprint density at radius 3 is 2.94 bits per heavy atom. The van der Waals surface area contributed by atoms with Gasteiger partial charge >= 0.3 is 0 Å². The Balaban J connectivity index is 1.99. The SMILES string of the molecule is NCCCc1cc2c3c(c1)CC(=O)N3CCC2. The van der Waals surface area contributed by atoms with Crippen LogP contribution < -0.4 is 10.6 Å². The predicted octanol–water partition coefficient (Wildman–Crippen LogP) is 1.41. The molecule has 0 saturated heterocycles. The van der Waals surface area contributed by atoms with Crippen LogP contribution in [0, 0.1) is 0 Å². The summed E-state index contributed by atoms with van der Waals surface area (Å²) in [6.45, 7) is 1.64. The van der Waals surface area contributed by atoms with Crippen LogP contribution in [0.3, 0.4) is 0 Å². The number of anilines is 1. The second-order valence-electron chi connectivity index (χ2n) is 4.98. The molecule has 2 N–H and O–H groups in total. The molecule has 0 fully saturated rings. The van der Waals surface area contributed by atoms with E-state index in [9.17, 15) is 4.79 Å². The second kappa shape index (κ2) is 4.15. The Labute approximate surface area is 102 Å². The molecule has 90 valence electrons. The van der Waals surface area contributed by atoms with Gasteiger partial charge in [0.05, 0.1) is 12.1 Å². The number of hydrogen-bond donors (Lipinski definition) is 1. The van der Waals surface area contributed by atoms with Gasteiger partial charge in [0.1, 0.15) is 0 Å². The minimum Gasteiger partial charge on any atom is -0.330 e. The van der Waals surface area contributed by atoms with Crippen LogP contribution in [0.5, 0.6) is 0 Å². The summed E-state index contributed by atoms with van der Waals surface area (Å²) in [5.74, 6) is 0.275. The first-order valence-corrected chi connectivity index (χ1v) is 6.44. The number of hydrogen-bond acceptors (Lipinski definition) is 2. The smallest absolute Gasteiger partial charge is 0.231 e. The number of amides is 1. The third-order valence-electron chi connectivity index (χ3n) is 3.74. The zero-order valence-electron chi connectivity index (χ0n) is 10.0. The van der Waals surface area contributed by atoms with Crippen molar-refractivity contribution >= 4 is 11.6 Å². The lowest BCUT2D eigenvalue weighted by atomic mass is 9.95. The van der Waals surface area contributed by atoms with Gasteiger partial charge in [0, 0.05) is 6.54 Å². The number of carbonyl (C=O) groups excluding carboxylic acids is 1. The summed E-state index contributed by atoms with van der Waals surface area (Å²) in [7, 11) is 0. The summed E-state index contributed by atoms with van der Waals surface area (Å²) in [4.78, 5) is 13.9. The quantitative estimate of drug-likeness (QED) is 0.853. The average molecular weight is 230 g/mol. The Morgan fingerprint density at radius 2 is 2.12 bits per heavy atom. The zero-order valence-corrected chi connectivity index (χ0v) is 10.0. The average Bonchev–Trinajstić information content (AvgIpc) is 2.66. The lowest BCUT2D eigenvalue weighted by molar-refractivity contribution is -0.117. The van der Waals surface area contributed by atoms with Crippen molar-refractivity contribution in [3.05, 3.63) is 28.8 Å². The van der Waals surface area contributed by atoms with E-state index in [0.29, 0.717) is 6.42 Å². The van der Waals surface area contributed by atoms with Crippen LogP contribution in [0.2, 0.25) is 0 Å². The Kier molecular flexibility index (Phi) is 2.63. The molecule has 2 heterocycles. The lowest BCUT2D eigenvalue weighted by Gasteiger charge is -2.26. The van der Waals surface area contributed by atoms with Gasteiger partial charge in [-0.25, -0.2) is 0 Å². The zero-order chi connectivity index (χ0) is 11.8. The highest BCUT2D eigenvalue weighted by molar-refractivity contribution is 6.02. The third-order valence-corrected chi connectivity index (χ3v) is 3.74.